The zero-order valence-electron chi connectivity index (χ0n) is 9.89. The molecule has 0 aliphatic heterocycles. The van der Waals surface area contributed by atoms with Gasteiger partial charge in [-0.25, -0.2) is 0 Å². The van der Waals surface area contributed by atoms with Crippen LogP contribution in [-0.4, -0.2) is 12.0 Å². The van der Waals surface area contributed by atoms with Crippen LogP contribution >= 0.6 is 0 Å². The Bertz CT molecular complexity index is 571. The van der Waals surface area contributed by atoms with Crippen molar-refractivity contribution in [3.63, 3.8) is 0 Å². The molecular weight excluding hydrogens is 222 g/mol. The molecule has 0 aliphatic carbocycles. The van der Waals surface area contributed by atoms with Crippen LogP contribution in [0.2, 0.25) is 0 Å². The molecule has 1 aromatic heterocycles. The van der Waals surface area contributed by atoms with E-state index in [1.165, 1.54) is 7.11 Å². The molecule has 17 heavy (non-hydrogen) atoms. The Hall–Kier alpha value is -2.04. The summed E-state index contributed by atoms with van der Waals surface area (Å²) in [7, 11) is 1.51. The normalized spacial score (nSPS) is 11.1. The van der Waals surface area contributed by atoms with Gasteiger partial charge in [0.05, 0.1) is 12.7 Å². The number of methoxy groups -OCH3 is 1. The van der Waals surface area contributed by atoms with Crippen molar-refractivity contribution in [3.05, 3.63) is 33.9 Å². The maximum atomic E-state index is 11.0. The Morgan fingerprint density at radius 2 is 2.12 bits per heavy atom. The monoisotopic (exact) mass is 235 g/mol. The molecule has 0 spiro atoms. The van der Waals surface area contributed by atoms with Crippen LogP contribution in [0.25, 0.3) is 11.0 Å². The lowest BCUT2D eigenvalue weighted by Gasteiger charge is -2.01. The van der Waals surface area contributed by atoms with Crippen molar-refractivity contribution < 1.29 is 14.1 Å². The Morgan fingerprint density at radius 3 is 2.65 bits per heavy atom. The first-order valence-electron chi connectivity index (χ1n) is 5.30. The number of nitrogens with zero attached hydrogens (tertiary/aromatic N) is 1. The molecule has 5 heteroatoms. The van der Waals surface area contributed by atoms with Crippen molar-refractivity contribution >= 4 is 16.9 Å². The minimum atomic E-state index is -0.491. The molecule has 2 rings (SSSR count). The van der Waals surface area contributed by atoms with Crippen LogP contribution in [0.15, 0.2) is 22.6 Å². The van der Waals surface area contributed by atoms with Gasteiger partial charge in [0, 0.05) is 5.39 Å². The van der Waals surface area contributed by atoms with E-state index >= 15 is 0 Å². The summed E-state index contributed by atoms with van der Waals surface area (Å²) in [5, 5.41) is 11.7. The number of nitro groups is 1. The van der Waals surface area contributed by atoms with Gasteiger partial charge in [-0.3, -0.25) is 10.1 Å². The first-order valence-corrected chi connectivity index (χ1v) is 5.30. The Morgan fingerprint density at radius 1 is 1.41 bits per heavy atom. The molecule has 0 aliphatic rings. The quantitative estimate of drug-likeness (QED) is 0.603. The van der Waals surface area contributed by atoms with Gasteiger partial charge in [-0.15, -0.1) is 0 Å². The van der Waals surface area contributed by atoms with Crippen LogP contribution in [0.5, 0.6) is 5.75 Å². The number of para-hydroxylation sites is 1. The second-order valence-electron chi connectivity index (χ2n) is 4.07. The second kappa shape index (κ2) is 4.08. The van der Waals surface area contributed by atoms with E-state index in [9.17, 15) is 10.1 Å². The lowest BCUT2D eigenvalue weighted by atomic mass is 10.0. The Labute approximate surface area is 98.1 Å². The summed E-state index contributed by atoms with van der Waals surface area (Å²) >= 11 is 0. The number of furan rings is 1. The van der Waals surface area contributed by atoms with Gasteiger partial charge in [-0.1, -0.05) is 26.0 Å². The third-order valence-electron chi connectivity index (χ3n) is 2.66. The van der Waals surface area contributed by atoms with Crippen molar-refractivity contribution in [3.8, 4) is 5.75 Å². The molecule has 0 saturated heterocycles. The summed E-state index contributed by atoms with van der Waals surface area (Å²) in [4.78, 5) is 10.5. The van der Waals surface area contributed by atoms with E-state index in [0.29, 0.717) is 16.9 Å². The molecule has 0 saturated carbocycles. The predicted molar refractivity (Wildman–Crippen MR) is 63.5 cm³/mol. The van der Waals surface area contributed by atoms with Gasteiger partial charge < -0.3 is 9.15 Å². The standard InChI is InChI=1S/C12H13NO4/c1-7(2)10-8-5-4-6-9(16-3)11(8)17-12(10)13(14)15/h4-7H,1-3H3. The van der Waals surface area contributed by atoms with Gasteiger partial charge in [-0.2, -0.15) is 0 Å². The Kier molecular flexibility index (Phi) is 2.75. The fourth-order valence-corrected chi connectivity index (χ4v) is 1.95. The fourth-order valence-electron chi connectivity index (χ4n) is 1.95. The SMILES string of the molecule is COc1cccc2c(C(C)C)c([N+](=O)[O-])oc12. The molecule has 0 radical (unpaired) electrons. The van der Waals surface area contributed by atoms with E-state index < -0.39 is 4.92 Å². The van der Waals surface area contributed by atoms with Crippen molar-refractivity contribution in [2.45, 2.75) is 19.8 Å². The first-order chi connectivity index (χ1) is 8.06. The van der Waals surface area contributed by atoms with E-state index in [1.54, 1.807) is 12.1 Å². The van der Waals surface area contributed by atoms with Crippen LogP contribution < -0.4 is 4.74 Å². The van der Waals surface area contributed by atoms with Crippen LogP contribution in [0.1, 0.15) is 25.3 Å². The van der Waals surface area contributed by atoms with Crippen molar-refractivity contribution in [2.24, 2.45) is 0 Å². The topological polar surface area (TPSA) is 65.5 Å². The van der Waals surface area contributed by atoms with Crippen molar-refractivity contribution in [2.75, 3.05) is 7.11 Å². The molecule has 0 unspecified atom stereocenters. The maximum absolute atomic E-state index is 11.0. The van der Waals surface area contributed by atoms with Crippen molar-refractivity contribution in [1.29, 1.82) is 0 Å². The molecule has 0 fully saturated rings. The highest BCUT2D eigenvalue weighted by Gasteiger charge is 2.27. The van der Waals surface area contributed by atoms with E-state index in [-0.39, 0.29) is 11.8 Å². The smallest absolute Gasteiger partial charge is 0.437 e. The molecule has 0 N–H and O–H groups in total. The number of ether oxygens (including phenoxy) is 1. The Balaban J connectivity index is 2.83. The van der Waals surface area contributed by atoms with Gasteiger partial charge in [0.2, 0.25) is 0 Å². The minimum Gasteiger partial charge on any atom is -0.493 e. The van der Waals surface area contributed by atoms with Gasteiger partial charge >= 0.3 is 5.88 Å². The predicted octanol–water partition coefficient (Wildman–Crippen LogP) is 3.47. The molecule has 0 amide bonds. The van der Waals surface area contributed by atoms with Crippen LogP contribution in [-0.2, 0) is 0 Å². The lowest BCUT2D eigenvalue weighted by molar-refractivity contribution is -0.402. The number of hydrogen-bond acceptors (Lipinski definition) is 4. The van der Waals surface area contributed by atoms with Gasteiger partial charge in [0.25, 0.3) is 0 Å². The third-order valence-corrected chi connectivity index (χ3v) is 2.66. The van der Waals surface area contributed by atoms with Crippen LogP contribution in [0, 0.1) is 10.1 Å². The lowest BCUT2D eigenvalue weighted by Crippen LogP contribution is -1.93. The second-order valence-corrected chi connectivity index (χ2v) is 4.07. The molecule has 0 bridgehead atoms. The summed E-state index contributed by atoms with van der Waals surface area (Å²) in [6.45, 7) is 3.80. The summed E-state index contributed by atoms with van der Waals surface area (Å²) < 4.78 is 10.5. The summed E-state index contributed by atoms with van der Waals surface area (Å²) in [5.41, 5.74) is 1.05. The molecular formula is C12H13NO4. The largest absolute Gasteiger partial charge is 0.493 e. The third kappa shape index (κ3) is 1.73. The highest BCUT2D eigenvalue weighted by Crippen LogP contribution is 2.40. The summed E-state index contributed by atoms with van der Waals surface area (Å²) in [6.07, 6.45) is 0. The number of benzene rings is 1. The fraction of sp³-hybridized carbons (Fsp3) is 0.333. The molecule has 5 nitrogen and oxygen atoms in total. The zero-order valence-corrected chi connectivity index (χ0v) is 9.89. The van der Waals surface area contributed by atoms with E-state index in [0.717, 1.165) is 5.39 Å². The van der Waals surface area contributed by atoms with Crippen LogP contribution in [0.3, 0.4) is 0 Å². The zero-order chi connectivity index (χ0) is 12.6. The van der Waals surface area contributed by atoms with E-state index in [2.05, 4.69) is 0 Å². The van der Waals surface area contributed by atoms with E-state index in [1.807, 2.05) is 19.9 Å². The molecule has 2 aromatic rings. The molecule has 1 aromatic carbocycles. The average molecular weight is 235 g/mol. The minimum absolute atomic E-state index is 0.0174. The van der Waals surface area contributed by atoms with Gasteiger partial charge in [0.1, 0.15) is 4.92 Å². The highest BCUT2D eigenvalue weighted by atomic mass is 16.6. The molecule has 90 valence electrons. The number of fused-ring (bicyclic) bond motifs is 1. The maximum Gasteiger partial charge on any atom is 0.437 e. The molecule has 0 atom stereocenters. The number of hydrogen-bond donors (Lipinski definition) is 0. The van der Waals surface area contributed by atoms with Gasteiger partial charge in [-0.05, 0) is 12.0 Å². The first kappa shape index (κ1) is 11.4. The van der Waals surface area contributed by atoms with Gasteiger partial charge in [0.15, 0.2) is 11.3 Å². The summed E-state index contributed by atoms with van der Waals surface area (Å²) in [6, 6.07) is 5.33. The molecule has 1 heterocycles. The average Bonchev–Trinajstić information content (AvgIpc) is 2.67. The van der Waals surface area contributed by atoms with E-state index in [4.69, 9.17) is 9.15 Å². The highest BCUT2D eigenvalue weighted by molar-refractivity contribution is 5.89. The number of rotatable bonds is 3. The van der Waals surface area contributed by atoms with Crippen molar-refractivity contribution in [1.82, 2.24) is 0 Å². The van der Waals surface area contributed by atoms with Crippen LogP contribution in [0.4, 0.5) is 5.88 Å². The summed E-state index contributed by atoms with van der Waals surface area (Å²) in [5.74, 6) is 0.334.